The van der Waals surface area contributed by atoms with E-state index in [1.54, 1.807) is 19.3 Å². The van der Waals surface area contributed by atoms with Crippen molar-refractivity contribution in [1.82, 2.24) is 5.32 Å². The Labute approximate surface area is 142 Å². The smallest absolute Gasteiger partial charge is 0.244 e. The van der Waals surface area contributed by atoms with Crippen LogP contribution in [0.1, 0.15) is 11.1 Å². The highest BCUT2D eigenvalue weighted by molar-refractivity contribution is 5.91. The molecule has 0 radical (unpaired) electrons. The van der Waals surface area contributed by atoms with E-state index >= 15 is 0 Å². The van der Waals surface area contributed by atoms with Gasteiger partial charge in [-0.25, -0.2) is 0 Å². The second-order valence-electron chi connectivity index (χ2n) is 4.94. The van der Waals surface area contributed by atoms with Crippen molar-refractivity contribution in [1.29, 1.82) is 0 Å². The summed E-state index contributed by atoms with van der Waals surface area (Å²) in [6.45, 7) is 0.570. The lowest BCUT2D eigenvalue weighted by atomic mass is 10.2. The molecule has 2 aromatic carbocycles. The molecule has 0 fully saturated rings. The van der Waals surface area contributed by atoms with Crippen molar-refractivity contribution >= 4 is 12.0 Å². The van der Waals surface area contributed by atoms with Crippen LogP contribution in [0.15, 0.2) is 54.6 Å². The van der Waals surface area contributed by atoms with Crippen molar-refractivity contribution in [2.45, 2.75) is 6.54 Å². The summed E-state index contributed by atoms with van der Waals surface area (Å²) in [5.74, 6) is 3.40. The van der Waals surface area contributed by atoms with Crippen LogP contribution in [0, 0.1) is 12.3 Å². The molecule has 0 aliphatic heterocycles. The lowest BCUT2D eigenvalue weighted by Gasteiger charge is -2.11. The van der Waals surface area contributed by atoms with Gasteiger partial charge in [0.1, 0.15) is 6.61 Å². The Morgan fingerprint density at radius 2 is 2.00 bits per heavy atom. The summed E-state index contributed by atoms with van der Waals surface area (Å²) in [5.41, 5.74) is 1.88. The highest BCUT2D eigenvalue weighted by atomic mass is 16.5. The van der Waals surface area contributed by atoms with E-state index in [0.717, 1.165) is 11.1 Å². The Kier molecular flexibility index (Phi) is 6.48. The lowest BCUT2D eigenvalue weighted by molar-refractivity contribution is -0.116. The summed E-state index contributed by atoms with van der Waals surface area (Å²) in [6, 6.07) is 15.1. The van der Waals surface area contributed by atoms with Crippen LogP contribution < -0.4 is 14.8 Å². The monoisotopic (exact) mass is 321 g/mol. The first-order chi connectivity index (χ1) is 11.7. The van der Waals surface area contributed by atoms with Crippen molar-refractivity contribution in [3.63, 3.8) is 0 Å². The third kappa shape index (κ3) is 5.22. The van der Waals surface area contributed by atoms with Crippen LogP contribution in [-0.2, 0) is 11.3 Å². The molecule has 0 aromatic heterocycles. The van der Waals surface area contributed by atoms with Gasteiger partial charge in [0, 0.05) is 12.6 Å². The molecule has 0 atom stereocenters. The van der Waals surface area contributed by atoms with E-state index in [0.29, 0.717) is 18.0 Å². The van der Waals surface area contributed by atoms with E-state index in [-0.39, 0.29) is 12.5 Å². The molecule has 1 amide bonds. The van der Waals surface area contributed by atoms with Crippen LogP contribution in [0.2, 0.25) is 0 Å². The van der Waals surface area contributed by atoms with Crippen molar-refractivity contribution in [3.8, 4) is 23.8 Å². The Morgan fingerprint density at radius 1 is 1.21 bits per heavy atom. The Hall–Kier alpha value is -3.19. The standard InChI is InChI=1S/C20H19NO3/c1-3-13-24-18-11-9-17(14-19(18)23-2)15-21-20(22)12-10-16-7-5-4-6-8-16/h1,4-12,14H,13,15H2,2H3,(H,21,22)/b12-10+. The molecule has 0 saturated carbocycles. The SMILES string of the molecule is C#CCOc1ccc(CNC(=O)/C=C/c2ccccc2)cc1OC. The van der Waals surface area contributed by atoms with E-state index in [2.05, 4.69) is 11.2 Å². The first-order valence-corrected chi connectivity index (χ1v) is 7.47. The molecule has 2 aromatic rings. The number of ether oxygens (including phenoxy) is 2. The van der Waals surface area contributed by atoms with Gasteiger partial charge in [-0.2, -0.15) is 0 Å². The topological polar surface area (TPSA) is 47.6 Å². The Balaban J connectivity index is 1.93. The van der Waals surface area contributed by atoms with Gasteiger partial charge < -0.3 is 14.8 Å². The maximum atomic E-state index is 11.9. The number of hydrogen-bond acceptors (Lipinski definition) is 3. The second kappa shape index (κ2) is 9.06. The Bertz CT molecular complexity index is 745. The molecule has 0 bridgehead atoms. The zero-order valence-corrected chi connectivity index (χ0v) is 13.5. The second-order valence-corrected chi connectivity index (χ2v) is 4.94. The fourth-order valence-corrected chi connectivity index (χ4v) is 2.04. The van der Waals surface area contributed by atoms with Crippen LogP contribution in [0.25, 0.3) is 6.08 Å². The molecule has 0 saturated heterocycles. The molecule has 122 valence electrons. The van der Waals surface area contributed by atoms with Gasteiger partial charge in [-0.05, 0) is 29.3 Å². The van der Waals surface area contributed by atoms with E-state index < -0.39 is 0 Å². The number of terminal acetylenes is 1. The molecule has 0 spiro atoms. The third-order valence-corrected chi connectivity index (χ3v) is 3.23. The predicted octanol–water partition coefficient (Wildman–Crippen LogP) is 3.04. The molecule has 2 rings (SSSR count). The zero-order chi connectivity index (χ0) is 17.2. The first-order valence-electron chi connectivity index (χ1n) is 7.47. The van der Waals surface area contributed by atoms with Gasteiger partial charge in [0.05, 0.1) is 7.11 Å². The normalized spacial score (nSPS) is 10.2. The summed E-state index contributed by atoms with van der Waals surface area (Å²) >= 11 is 0. The Morgan fingerprint density at radius 3 is 2.71 bits per heavy atom. The average Bonchev–Trinajstić information content (AvgIpc) is 2.64. The minimum atomic E-state index is -0.162. The van der Waals surface area contributed by atoms with E-state index in [1.165, 1.54) is 6.08 Å². The third-order valence-electron chi connectivity index (χ3n) is 3.23. The largest absolute Gasteiger partial charge is 0.493 e. The first kappa shape index (κ1) is 17.2. The van der Waals surface area contributed by atoms with Gasteiger partial charge >= 0.3 is 0 Å². The molecule has 1 N–H and O–H groups in total. The molecule has 4 nitrogen and oxygen atoms in total. The van der Waals surface area contributed by atoms with Crippen LogP contribution in [-0.4, -0.2) is 19.6 Å². The lowest BCUT2D eigenvalue weighted by Crippen LogP contribution is -2.20. The van der Waals surface area contributed by atoms with E-state index in [9.17, 15) is 4.79 Å². The van der Waals surface area contributed by atoms with Crippen LogP contribution in [0.3, 0.4) is 0 Å². The van der Waals surface area contributed by atoms with E-state index in [4.69, 9.17) is 15.9 Å². The van der Waals surface area contributed by atoms with Crippen LogP contribution >= 0.6 is 0 Å². The molecule has 0 aliphatic carbocycles. The van der Waals surface area contributed by atoms with Gasteiger partial charge in [-0.3, -0.25) is 4.79 Å². The number of methoxy groups -OCH3 is 1. The van der Waals surface area contributed by atoms with Crippen molar-refractivity contribution in [2.75, 3.05) is 13.7 Å². The molecule has 4 heteroatoms. The number of nitrogens with one attached hydrogen (secondary N) is 1. The maximum Gasteiger partial charge on any atom is 0.244 e. The molecule has 0 unspecified atom stereocenters. The quantitative estimate of drug-likeness (QED) is 0.630. The number of hydrogen-bond donors (Lipinski definition) is 1. The van der Waals surface area contributed by atoms with Gasteiger partial charge in [-0.15, -0.1) is 6.42 Å². The van der Waals surface area contributed by atoms with Gasteiger partial charge in [-0.1, -0.05) is 42.3 Å². The number of benzene rings is 2. The zero-order valence-electron chi connectivity index (χ0n) is 13.5. The van der Waals surface area contributed by atoms with Gasteiger partial charge in [0.25, 0.3) is 0 Å². The summed E-state index contributed by atoms with van der Waals surface area (Å²) in [6.07, 6.45) is 8.46. The average molecular weight is 321 g/mol. The fraction of sp³-hybridized carbons (Fsp3) is 0.150. The number of amides is 1. The fourth-order valence-electron chi connectivity index (χ4n) is 2.04. The van der Waals surface area contributed by atoms with Crippen molar-refractivity contribution in [3.05, 3.63) is 65.7 Å². The minimum absolute atomic E-state index is 0.162. The minimum Gasteiger partial charge on any atom is -0.493 e. The highest BCUT2D eigenvalue weighted by Gasteiger charge is 2.06. The highest BCUT2D eigenvalue weighted by Crippen LogP contribution is 2.27. The summed E-state index contributed by atoms with van der Waals surface area (Å²) in [4.78, 5) is 11.9. The molecular weight excluding hydrogens is 302 g/mol. The number of carbonyl (C=O) groups is 1. The summed E-state index contributed by atoms with van der Waals surface area (Å²) in [7, 11) is 1.56. The maximum absolute atomic E-state index is 11.9. The van der Waals surface area contributed by atoms with Crippen LogP contribution in [0.5, 0.6) is 11.5 Å². The summed E-state index contributed by atoms with van der Waals surface area (Å²) < 4.78 is 10.7. The molecular formula is C20H19NO3. The molecule has 24 heavy (non-hydrogen) atoms. The van der Waals surface area contributed by atoms with Crippen molar-refractivity contribution < 1.29 is 14.3 Å². The van der Waals surface area contributed by atoms with Crippen LogP contribution in [0.4, 0.5) is 0 Å². The molecule has 0 aliphatic rings. The summed E-state index contributed by atoms with van der Waals surface area (Å²) in [5, 5.41) is 2.83. The van der Waals surface area contributed by atoms with E-state index in [1.807, 2.05) is 42.5 Å². The predicted molar refractivity (Wildman–Crippen MR) is 94.6 cm³/mol. The van der Waals surface area contributed by atoms with Gasteiger partial charge in [0.15, 0.2) is 11.5 Å². The molecule has 0 heterocycles. The number of carbonyl (C=O) groups excluding carboxylic acids is 1. The van der Waals surface area contributed by atoms with Crippen molar-refractivity contribution in [2.24, 2.45) is 0 Å². The number of rotatable bonds is 7. The van der Waals surface area contributed by atoms with Gasteiger partial charge in [0.2, 0.25) is 5.91 Å².